The lowest BCUT2D eigenvalue weighted by Crippen LogP contribution is -2.74. The second-order valence-corrected chi connectivity index (χ2v) is 22.8. The Labute approximate surface area is 534 Å². The van der Waals surface area contributed by atoms with Crippen LogP contribution in [0.2, 0.25) is 0 Å². The van der Waals surface area contributed by atoms with E-state index >= 15 is 0 Å². The van der Waals surface area contributed by atoms with Gasteiger partial charge in [0.1, 0.15) is 17.2 Å². The van der Waals surface area contributed by atoms with Crippen LogP contribution < -0.4 is 30.1 Å². The van der Waals surface area contributed by atoms with Gasteiger partial charge >= 0.3 is 143 Å². The highest BCUT2D eigenvalue weighted by Gasteiger charge is 2.98. The molecule has 0 fully saturated rings. The SMILES string of the molecule is FC(F)(F)C(F)(F)C(F)(F)C(F)(F)C(F)(F)C(F)(F)C(F)(F)C(F)(F)CCOc1ccc(P(c2ccc(OCCC(F)(F)C(F)(F)C(F)(F)C(F)(F)C(F)(F)C(F)(F)C(F)(F)C(F)(F)F)cc2)c2ccc(OCCC(F)(F)C(F)(F)C(F)(F)C(F)(F)C(F)(F)C(F)(F)C(F)(F)C(F)(F)F)cc2)cc1. The molecule has 55 heteroatoms. The summed E-state index contributed by atoms with van der Waals surface area (Å²) in [6, 6.07) is 5.83. The first-order valence-corrected chi connectivity index (χ1v) is 26.4. The molecule has 0 aliphatic rings. The highest BCUT2D eigenvalue weighted by atomic mass is 31.1. The van der Waals surface area contributed by atoms with Gasteiger partial charge < -0.3 is 14.2 Å². The molecule has 0 saturated heterocycles. The monoisotopic (exact) mass is 1650 g/mol. The number of alkyl halides is 51. The molecule has 0 saturated carbocycles. The van der Waals surface area contributed by atoms with E-state index in [-0.39, 0.29) is 0 Å². The minimum absolute atomic E-state index is 0.391. The number of ether oxygens (including phenoxy) is 3. The maximum atomic E-state index is 14.6. The zero-order valence-corrected chi connectivity index (χ0v) is 48.0. The molecule has 0 aliphatic carbocycles. The fraction of sp³-hybridized carbons (Fsp3) is 0.625. The van der Waals surface area contributed by atoms with Gasteiger partial charge in [-0.1, -0.05) is 36.4 Å². The van der Waals surface area contributed by atoms with Crippen LogP contribution in [0.5, 0.6) is 17.2 Å². The van der Waals surface area contributed by atoms with Crippen molar-refractivity contribution in [2.24, 2.45) is 0 Å². The largest absolute Gasteiger partial charge is 0.493 e. The van der Waals surface area contributed by atoms with Crippen LogP contribution in [0.25, 0.3) is 0 Å². The normalized spacial score (nSPS) is 15.8. The highest BCUT2D eigenvalue weighted by molar-refractivity contribution is 7.79. The van der Waals surface area contributed by atoms with Crippen LogP contribution in [0.3, 0.4) is 0 Å². The van der Waals surface area contributed by atoms with Crippen molar-refractivity contribution in [2.75, 3.05) is 19.8 Å². The Balaban J connectivity index is 2.07. The van der Waals surface area contributed by atoms with Crippen molar-refractivity contribution in [1.82, 2.24) is 0 Å². The van der Waals surface area contributed by atoms with Crippen LogP contribution in [0.15, 0.2) is 72.8 Å². The van der Waals surface area contributed by atoms with E-state index in [9.17, 15) is 224 Å². The minimum atomic E-state index is -9.02. The predicted molar refractivity (Wildman–Crippen MR) is 238 cm³/mol. The predicted octanol–water partition coefficient (Wildman–Crippen LogP) is 20.8. The van der Waals surface area contributed by atoms with Gasteiger partial charge in [-0.25, -0.2) is 0 Å². The first-order chi connectivity index (χ1) is 44.9. The smallest absolute Gasteiger partial charge is 0.460 e. The van der Waals surface area contributed by atoms with Crippen molar-refractivity contribution in [1.29, 1.82) is 0 Å². The van der Waals surface area contributed by atoms with E-state index in [0.29, 0.717) is 72.8 Å². The van der Waals surface area contributed by atoms with Gasteiger partial charge in [-0.2, -0.15) is 224 Å². The summed E-state index contributed by atoms with van der Waals surface area (Å²) in [6.45, 7) is -6.96. The van der Waals surface area contributed by atoms with Crippen molar-refractivity contribution in [3.63, 3.8) is 0 Å². The van der Waals surface area contributed by atoms with Gasteiger partial charge in [0.15, 0.2) is 0 Å². The number of hydrogen-bond donors (Lipinski definition) is 0. The van der Waals surface area contributed by atoms with E-state index in [1.165, 1.54) is 0 Å². The summed E-state index contributed by atoms with van der Waals surface area (Å²) in [5, 5.41) is -1.35. The van der Waals surface area contributed by atoms with Crippen LogP contribution >= 0.6 is 7.92 Å². The molecular formula is C48H24F51O3P. The lowest BCUT2D eigenvalue weighted by atomic mass is 9.88. The summed E-state index contributed by atoms with van der Waals surface area (Å²) in [5.41, 5.74) is 0. The number of halogens is 51. The maximum absolute atomic E-state index is 14.6. The Morgan fingerprint density at radius 3 is 0.437 bits per heavy atom. The topological polar surface area (TPSA) is 27.7 Å². The van der Waals surface area contributed by atoms with Gasteiger partial charge in [0.05, 0.1) is 39.1 Å². The molecule has 0 heterocycles. The molecule has 3 rings (SSSR count). The number of benzene rings is 3. The van der Waals surface area contributed by atoms with Crippen molar-refractivity contribution in [3.05, 3.63) is 72.8 Å². The Kier molecular flexibility index (Phi) is 23.6. The van der Waals surface area contributed by atoms with Crippen LogP contribution in [0.4, 0.5) is 224 Å². The third-order valence-electron chi connectivity index (χ3n) is 13.7. The maximum Gasteiger partial charge on any atom is 0.460 e. The molecule has 596 valence electrons. The molecular weight excluding hydrogens is 1620 g/mol. The van der Waals surface area contributed by atoms with Gasteiger partial charge in [-0.3, -0.25) is 0 Å². The number of hydrogen-bond acceptors (Lipinski definition) is 3. The van der Waals surface area contributed by atoms with Crippen molar-refractivity contribution >= 4 is 23.8 Å². The minimum Gasteiger partial charge on any atom is -0.493 e. The fourth-order valence-electron chi connectivity index (χ4n) is 7.47. The lowest BCUT2D eigenvalue weighted by Gasteiger charge is -2.42. The van der Waals surface area contributed by atoms with E-state index in [1.54, 1.807) is 0 Å². The van der Waals surface area contributed by atoms with Gasteiger partial charge in [0.25, 0.3) is 0 Å². The molecule has 0 bridgehead atoms. The fourth-order valence-corrected chi connectivity index (χ4v) is 9.71. The number of rotatable bonds is 33. The Morgan fingerprint density at radius 1 is 0.175 bits per heavy atom. The van der Waals surface area contributed by atoms with E-state index in [2.05, 4.69) is 14.2 Å². The first-order valence-electron chi connectivity index (χ1n) is 25.1. The van der Waals surface area contributed by atoms with E-state index in [1.807, 2.05) is 0 Å². The Hall–Kier alpha value is -6.08. The molecule has 3 aromatic rings. The lowest BCUT2D eigenvalue weighted by molar-refractivity contribution is -0.461. The highest BCUT2D eigenvalue weighted by Crippen LogP contribution is 2.68. The van der Waals surface area contributed by atoms with Crippen molar-refractivity contribution in [2.45, 2.75) is 162 Å². The molecule has 0 aromatic heterocycles. The van der Waals surface area contributed by atoms with Crippen LogP contribution in [-0.2, 0) is 0 Å². The second-order valence-electron chi connectivity index (χ2n) is 20.6. The summed E-state index contributed by atoms with van der Waals surface area (Å²) in [6.07, 6.45) is -33.9. The molecule has 3 nitrogen and oxygen atoms in total. The van der Waals surface area contributed by atoms with Crippen molar-refractivity contribution in [3.8, 4) is 17.2 Å². The van der Waals surface area contributed by atoms with E-state index < -0.39 is 223 Å². The van der Waals surface area contributed by atoms with Crippen molar-refractivity contribution < 1.29 is 238 Å². The van der Waals surface area contributed by atoms with Gasteiger partial charge in [0, 0.05) is 0 Å². The molecule has 0 amide bonds. The molecule has 0 radical (unpaired) electrons. The van der Waals surface area contributed by atoms with Crippen LogP contribution in [0, 0.1) is 0 Å². The Morgan fingerprint density at radius 2 is 0.301 bits per heavy atom. The van der Waals surface area contributed by atoms with Crippen LogP contribution in [0.1, 0.15) is 19.3 Å². The quantitative estimate of drug-likeness (QED) is 0.0449. The second kappa shape index (κ2) is 26.7. The van der Waals surface area contributed by atoms with Gasteiger partial charge in [0.2, 0.25) is 0 Å². The van der Waals surface area contributed by atoms with E-state index in [4.69, 9.17) is 0 Å². The summed E-state index contributed by atoms with van der Waals surface area (Å²) < 4.78 is 713. The standard InChI is InChI=1S/C48H24F51O3P/c49-25(50,28(55,56)31(61,62)34(67,68)37(73,74)40(79,80)43(85,86)46(91,92)93)13-16-100-19-1-7-22(8-2-19)103(23-9-3-20(4-10-23)101-17-14-26(51,52)29(57,58)32(63,64)35(69,70)38(75,76)41(81,82)44(87,88)47(94,95)96)24-11-5-21(6-12-24)102-18-15-27(53,54)30(59,60)33(65,66)36(71,72)39(77,78)42(83,84)45(89,90)48(97,98)99/h1-12H,13-18H2. The summed E-state index contributed by atoms with van der Waals surface area (Å²) in [7, 11) is -2.75. The zero-order chi connectivity index (χ0) is 81.9. The molecule has 3 aromatic carbocycles. The summed E-state index contributed by atoms with van der Waals surface area (Å²) >= 11 is 0. The van der Waals surface area contributed by atoms with E-state index in [0.717, 1.165) is 0 Å². The third kappa shape index (κ3) is 14.0. The average molecular weight is 1650 g/mol. The van der Waals surface area contributed by atoms with Gasteiger partial charge in [-0.15, -0.1) is 0 Å². The molecule has 0 spiro atoms. The molecule has 0 N–H and O–H groups in total. The molecule has 0 atom stereocenters. The molecule has 0 aliphatic heterocycles. The van der Waals surface area contributed by atoms with Gasteiger partial charge in [-0.05, 0) is 60.2 Å². The summed E-state index contributed by atoms with van der Waals surface area (Å²) in [5.74, 6) is -182. The third-order valence-corrected chi connectivity index (χ3v) is 16.1. The summed E-state index contributed by atoms with van der Waals surface area (Å²) in [4.78, 5) is 0. The molecule has 103 heavy (non-hydrogen) atoms. The molecule has 0 unspecified atom stereocenters. The zero-order valence-electron chi connectivity index (χ0n) is 47.1. The Bertz CT molecular complexity index is 3010. The first kappa shape index (κ1) is 91.1. The van der Waals surface area contributed by atoms with Crippen LogP contribution in [-0.4, -0.2) is 163 Å². The average Bonchev–Trinajstić information content (AvgIpc) is 0.706.